The van der Waals surface area contributed by atoms with E-state index in [2.05, 4.69) is 0 Å². The van der Waals surface area contributed by atoms with Crippen LogP contribution in [-0.2, 0) is 10.1 Å². The van der Waals surface area contributed by atoms with E-state index in [1.165, 1.54) is 12.1 Å². The Kier molecular flexibility index (Phi) is 3.58. The molecule has 0 aliphatic heterocycles. The molecule has 0 amide bonds. The fourth-order valence-corrected chi connectivity index (χ4v) is 2.46. The highest BCUT2D eigenvalue weighted by molar-refractivity contribution is 7.86. The molecule has 0 unspecified atom stereocenters. The highest BCUT2D eigenvalue weighted by Crippen LogP contribution is 2.42. The summed E-state index contributed by atoms with van der Waals surface area (Å²) in [6, 6.07) is 8.33. The lowest BCUT2D eigenvalue weighted by Gasteiger charge is -2.10. The molecule has 7 nitrogen and oxygen atoms in total. The van der Waals surface area contributed by atoms with Gasteiger partial charge in [0.15, 0.2) is 22.2 Å². The first kappa shape index (κ1) is 14.8. The van der Waals surface area contributed by atoms with E-state index in [1.807, 2.05) is 0 Å². The first-order valence-corrected chi connectivity index (χ1v) is 7.02. The highest BCUT2D eigenvalue weighted by atomic mass is 32.2. The van der Waals surface area contributed by atoms with E-state index in [4.69, 9.17) is 4.55 Å². The van der Waals surface area contributed by atoms with Crippen LogP contribution in [0.15, 0.2) is 41.3 Å². The minimum Gasteiger partial charge on any atom is -0.506 e. The molecule has 0 aliphatic rings. The molecule has 0 heterocycles. The summed E-state index contributed by atoms with van der Waals surface area (Å²) in [4.78, 5) is 10.9. The van der Waals surface area contributed by atoms with Crippen molar-refractivity contribution in [2.75, 3.05) is 0 Å². The van der Waals surface area contributed by atoms with Gasteiger partial charge in [-0.3, -0.25) is 9.35 Å². The molecule has 0 saturated carbocycles. The average molecular weight is 310 g/mol. The van der Waals surface area contributed by atoms with Crippen molar-refractivity contribution in [3.05, 3.63) is 47.5 Å². The quantitative estimate of drug-likeness (QED) is 0.290. The Hall–Kier alpha value is -2.58. The van der Waals surface area contributed by atoms with Crippen LogP contribution >= 0.6 is 0 Å². The predicted molar refractivity (Wildman–Crippen MR) is 71.1 cm³/mol. The monoisotopic (exact) mass is 310 g/mol. The van der Waals surface area contributed by atoms with Gasteiger partial charge < -0.3 is 15.3 Å². The van der Waals surface area contributed by atoms with Crippen molar-refractivity contribution >= 4 is 15.9 Å². The van der Waals surface area contributed by atoms with Gasteiger partial charge >= 0.3 is 10.1 Å². The molecule has 110 valence electrons. The van der Waals surface area contributed by atoms with Gasteiger partial charge in [0.2, 0.25) is 0 Å². The third kappa shape index (κ3) is 2.67. The molecule has 4 N–H and O–H groups in total. The van der Waals surface area contributed by atoms with Crippen LogP contribution in [-0.4, -0.2) is 34.1 Å². The normalized spacial score (nSPS) is 11.3. The summed E-state index contributed by atoms with van der Waals surface area (Å²) in [5.74, 6) is -4.13. The highest BCUT2D eigenvalue weighted by Gasteiger charge is 2.28. The first-order chi connectivity index (χ1) is 9.73. The summed E-state index contributed by atoms with van der Waals surface area (Å²) in [6.07, 6.45) is 0. The lowest BCUT2D eigenvalue weighted by Crippen LogP contribution is -2.05. The van der Waals surface area contributed by atoms with E-state index >= 15 is 0 Å². The van der Waals surface area contributed by atoms with E-state index in [1.54, 1.807) is 18.2 Å². The smallest absolute Gasteiger partial charge is 0.302 e. The molecule has 0 saturated heterocycles. The Morgan fingerprint density at radius 3 is 2.05 bits per heavy atom. The Morgan fingerprint density at radius 2 is 1.52 bits per heavy atom. The van der Waals surface area contributed by atoms with Crippen molar-refractivity contribution < 1.29 is 33.1 Å². The third-order valence-corrected chi connectivity index (χ3v) is 3.67. The van der Waals surface area contributed by atoms with Crippen LogP contribution in [0.2, 0.25) is 0 Å². The van der Waals surface area contributed by atoms with Gasteiger partial charge in [-0.2, -0.15) is 8.42 Å². The molecule has 21 heavy (non-hydrogen) atoms. The summed E-state index contributed by atoms with van der Waals surface area (Å²) in [5.41, 5.74) is -0.338. The Bertz CT molecular complexity index is 810. The molecule has 8 heteroatoms. The zero-order valence-corrected chi connectivity index (χ0v) is 11.2. The standard InChI is InChI=1S/C13H10O7S/c14-9-6-8(10(15)7-4-2-1-3-5-7)11(16)12(17)13(9)21(18,19)20/h1-6,14,16-17H,(H,18,19,20). The number of phenols is 3. The zero-order valence-electron chi connectivity index (χ0n) is 10.4. The Morgan fingerprint density at radius 1 is 0.952 bits per heavy atom. The van der Waals surface area contributed by atoms with Gasteiger partial charge in [-0.1, -0.05) is 30.3 Å². The molecule has 0 spiro atoms. The molecular weight excluding hydrogens is 300 g/mol. The van der Waals surface area contributed by atoms with E-state index in [-0.39, 0.29) is 5.56 Å². The van der Waals surface area contributed by atoms with Crippen LogP contribution in [0, 0.1) is 0 Å². The van der Waals surface area contributed by atoms with Gasteiger partial charge in [0.25, 0.3) is 0 Å². The van der Waals surface area contributed by atoms with Crippen molar-refractivity contribution in [3.63, 3.8) is 0 Å². The number of carbonyl (C=O) groups is 1. The zero-order chi connectivity index (χ0) is 15.8. The number of ketones is 1. The molecule has 0 fully saturated rings. The minimum atomic E-state index is -4.97. The number of rotatable bonds is 3. The molecule has 0 radical (unpaired) electrons. The molecular formula is C13H10O7S. The lowest BCUT2D eigenvalue weighted by molar-refractivity contribution is 0.103. The first-order valence-electron chi connectivity index (χ1n) is 5.58. The minimum absolute atomic E-state index is 0.159. The summed E-state index contributed by atoms with van der Waals surface area (Å²) in [5, 5.41) is 28.9. The second-order valence-electron chi connectivity index (χ2n) is 4.14. The van der Waals surface area contributed by atoms with E-state index in [0.29, 0.717) is 6.07 Å². The van der Waals surface area contributed by atoms with Crippen molar-refractivity contribution in [1.82, 2.24) is 0 Å². The maximum absolute atomic E-state index is 12.1. The number of hydrogen-bond donors (Lipinski definition) is 4. The predicted octanol–water partition coefficient (Wildman–Crippen LogP) is 1.28. The van der Waals surface area contributed by atoms with Crippen LogP contribution in [0.4, 0.5) is 0 Å². The average Bonchev–Trinajstić information content (AvgIpc) is 2.41. The maximum atomic E-state index is 12.1. The van der Waals surface area contributed by atoms with Crippen molar-refractivity contribution in [2.45, 2.75) is 4.90 Å². The molecule has 0 atom stereocenters. The lowest BCUT2D eigenvalue weighted by atomic mass is 10.0. The van der Waals surface area contributed by atoms with E-state index in [0.717, 1.165) is 0 Å². The van der Waals surface area contributed by atoms with Gasteiger partial charge in [0.1, 0.15) is 5.75 Å². The largest absolute Gasteiger partial charge is 0.506 e. The van der Waals surface area contributed by atoms with Crippen molar-refractivity contribution in [1.29, 1.82) is 0 Å². The van der Waals surface area contributed by atoms with Crippen LogP contribution in [0.3, 0.4) is 0 Å². The topological polar surface area (TPSA) is 132 Å². The van der Waals surface area contributed by atoms with Crippen LogP contribution in [0.25, 0.3) is 0 Å². The molecule has 0 bridgehead atoms. The molecule has 2 aromatic rings. The van der Waals surface area contributed by atoms with E-state index in [9.17, 15) is 28.5 Å². The van der Waals surface area contributed by atoms with Crippen LogP contribution in [0.5, 0.6) is 17.2 Å². The molecule has 2 rings (SSSR count). The van der Waals surface area contributed by atoms with Gasteiger partial charge in [-0.25, -0.2) is 0 Å². The van der Waals surface area contributed by atoms with Crippen LogP contribution < -0.4 is 0 Å². The Labute approximate surface area is 119 Å². The van der Waals surface area contributed by atoms with Crippen LogP contribution in [0.1, 0.15) is 15.9 Å². The van der Waals surface area contributed by atoms with E-state index < -0.39 is 43.6 Å². The fourth-order valence-electron chi connectivity index (χ4n) is 1.80. The summed E-state index contributed by atoms with van der Waals surface area (Å²) >= 11 is 0. The van der Waals surface area contributed by atoms with Crippen molar-refractivity contribution in [2.24, 2.45) is 0 Å². The maximum Gasteiger partial charge on any atom is 0.302 e. The summed E-state index contributed by atoms with van der Waals surface area (Å²) in [7, 11) is -4.97. The summed E-state index contributed by atoms with van der Waals surface area (Å²) in [6.45, 7) is 0. The fraction of sp³-hybridized carbons (Fsp3) is 0. The second-order valence-corrected chi connectivity index (χ2v) is 5.50. The Balaban J connectivity index is 2.66. The number of phenolic OH excluding ortho intramolecular Hbond substituents is 3. The molecule has 2 aromatic carbocycles. The van der Waals surface area contributed by atoms with Gasteiger partial charge in [-0.05, 0) is 6.07 Å². The number of carbonyl (C=O) groups excluding carboxylic acids is 1. The second kappa shape index (κ2) is 5.08. The third-order valence-electron chi connectivity index (χ3n) is 2.75. The van der Waals surface area contributed by atoms with Gasteiger partial charge in [-0.15, -0.1) is 0 Å². The number of benzene rings is 2. The molecule has 0 aliphatic carbocycles. The molecule has 0 aromatic heterocycles. The van der Waals surface area contributed by atoms with Gasteiger partial charge in [0.05, 0.1) is 5.56 Å². The number of aromatic hydroxyl groups is 3. The number of hydrogen-bond acceptors (Lipinski definition) is 6. The SMILES string of the molecule is O=C(c1ccccc1)c1cc(O)c(S(=O)(=O)O)c(O)c1O. The van der Waals surface area contributed by atoms with Crippen molar-refractivity contribution in [3.8, 4) is 17.2 Å². The summed E-state index contributed by atoms with van der Waals surface area (Å²) < 4.78 is 30.9. The van der Waals surface area contributed by atoms with Gasteiger partial charge in [0, 0.05) is 5.56 Å².